The Morgan fingerprint density at radius 1 is 1.29 bits per heavy atom. The van der Waals surface area contributed by atoms with Gasteiger partial charge in [0, 0.05) is 13.1 Å². The van der Waals surface area contributed by atoms with Crippen molar-refractivity contribution in [2.24, 2.45) is 0 Å². The van der Waals surface area contributed by atoms with Crippen molar-refractivity contribution in [3.05, 3.63) is 23.8 Å². The molecule has 3 rings (SSSR count). The van der Waals surface area contributed by atoms with E-state index in [-0.39, 0.29) is 11.9 Å². The molecule has 1 aliphatic rings. The molecule has 1 saturated heterocycles. The van der Waals surface area contributed by atoms with Crippen LogP contribution in [0.2, 0.25) is 0 Å². The second-order valence-corrected chi connectivity index (χ2v) is 5.84. The third-order valence-electron chi connectivity index (χ3n) is 4.36. The first-order valence-corrected chi connectivity index (χ1v) is 7.61. The van der Waals surface area contributed by atoms with Gasteiger partial charge in [-0.05, 0) is 44.7 Å². The Hall–Kier alpha value is -2.04. The monoisotopic (exact) mass is 286 g/mol. The summed E-state index contributed by atoms with van der Waals surface area (Å²) in [6.07, 6.45) is 3.41. The molecule has 1 aromatic heterocycles. The maximum absolute atomic E-state index is 12.7. The van der Waals surface area contributed by atoms with Gasteiger partial charge >= 0.3 is 0 Å². The maximum atomic E-state index is 12.7. The zero-order valence-corrected chi connectivity index (χ0v) is 12.7. The Kier molecular flexibility index (Phi) is 3.57. The molecule has 21 heavy (non-hydrogen) atoms. The van der Waals surface area contributed by atoms with Gasteiger partial charge in [-0.1, -0.05) is 12.1 Å². The highest BCUT2D eigenvalue weighted by Crippen LogP contribution is 2.26. The highest BCUT2D eigenvalue weighted by Gasteiger charge is 2.26. The molecule has 0 saturated carbocycles. The van der Waals surface area contributed by atoms with Crippen LogP contribution in [0.4, 0.5) is 5.95 Å². The molecule has 1 aliphatic heterocycles. The van der Waals surface area contributed by atoms with Crippen molar-refractivity contribution in [3.8, 4) is 0 Å². The molecule has 112 valence electrons. The Morgan fingerprint density at radius 2 is 2.00 bits per heavy atom. The van der Waals surface area contributed by atoms with E-state index in [1.165, 1.54) is 6.42 Å². The summed E-state index contributed by atoms with van der Waals surface area (Å²) >= 11 is 0. The second kappa shape index (κ2) is 5.39. The van der Waals surface area contributed by atoms with Crippen molar-refractivity contribution in [1.82, 2.24) is 14.5 Å². The van der Waals surface area contributed by atoms with Crippen LogP contribution in [0.1, 0.15) is 37.8 Å². The second-order valence-electron chi connectivity index (χ2n) is 5.84. The minimum absolute atomic E-state index is 0.141. The molecule has 1 amide bonds. The van der Waals surface area contributed by atoms with Gasteiger partial charge in [-0.2, -0.15) is 0 Å². The average Bonchev–Trinajstić information content (AvgIpc) is 2.84. The van der Waals surface area contributed by atoms with Gasteiger partial charge in [0.2, 0.25) is 11.9 Å². The number of hydrogen-bond donors (Lipinski definition) is 1. The number of benzene rings is 1. The third-order valence-corrected chi connectivity index (χ3v) is 4.36. The summed E-state index contributed by atoms with van der Waals surface area (Å²) in [5.74, 6) is 0.555. The number of fused-ring (bicyclic) bond motifs is 1. The zero-order valence-electron chi connectivity index (χ0n) is 12.7. The average molecular weight is 286 g/mol. The largest absolute Gasteiger partial charge is 0.369 e. The number of nitrogens with zero attached hydrogens (tertiary/aromatic N) is 3. The number of para-hydroxylation sites is 1. The Balaban J connectivity index is 1.97. The fourth-order valence-corrected chi connectivity index (χ4v) is 3.17. The first-order valence-electron chi connectivity index (χ1n) is 7.61. The van der Waals surface area contributed by atoms with Crippen LogP contribution in [0.15, 0.2) is 18.2 Å². The summed E-state index contributed by atoms with van der Waals surface area (Å²) < 4.78 is 1.86. The quantitative estimate of drug-likeness (QED) is 0.922. The van der Waals surface area contributed by atoms with Crippen LogP contribution in [-0.2, 0) is 4.79 Å². The summed E-state index contributed by atoms with van der Waals surface area (Å²) in [6, 6.07) is 5.66. The lowest BCUT2D eigenvalue weighted by atomic mass is 10.1. The first-order chi connectivity index (χ1) is 10.1. The van der Waals surface area contributed by atoms with Crippen molar-refractivity contribution in [1.29, 1.82) is 0 Å². The van der Waals surface area contributed by atoms with Crippen LogP contribution in [0, 0.1) is 6.92 Å². The van der Waals surface area contributed by atoms with E-state index in [9.17, 15) is 4.79 Å². The summed E-state index contributed by atoms with van der Waals surface area (Å²) in [5.41, 5.74) is 8.97. The molecule has 2 heterocycles. The van der Waals surface area contributed by atoms with Crippen LogP contribution < -0.4 is 5.73 Å². The number of anilines is 1. The number of rotatable bonds is 2. The summed E-state index contributed by atoms with van der Waals surface area (Å²) in [4.78, 5) is 19.1. The van der Waals surface area contributed by atoms with Crippen molar-refractivity contribution >= 4 is 22.9 Å². The van der Waals surface area contributed by atoms with Gasteiger partial charge in [-0.15, -0.1) is 0 Å². The van der Waals surface area contributed by atoms with Crippen LogP contribution in [0.25, 0.3) is 11.0 Å². The van der Waals surface area contributed by atoms with Crippen molar-refractivity contribution in [2.75, 3.05) is 18.8 Å². The van der Waals surface area contributed by atoms with Crippen LogP contribution in [0.5, 0.6) is 0 Å². The maximum Gasteiger partial charge on any atom is 0.245 e. The van der Waals surface area contributed by atoms with E-state index >= 15 is 0 Å². The van der Waals surface area contributed by atoms with Crippen molar-refractivity contribution < 1.29 is 4.79 Å². The van der Waals surface area contributed by atoms with E-state index in [1.807, 2.05) is 41.5 Å². The summed E-state index contributed by atoms with van der Waals surface area (Å²) in [7, 11) is 0. The highest BCUT2D eigenvalue weighted by molar-refractivity contribution is 5.87. The van der Waals surface area contributed by atoms with E-state index in [0.29, 0.717) is 5.95 Å². The molecule has 1 unspecified atom stereocenters. The highest BCUT2D eigenvalue weighted by atomic mass is 16.2. The smallest absolute Gasteiger partial charge is 0.245 e. The Morgan fingerprint density at radius 3 is 2.71 bits per heavy atom. The van der Waals surface area contributed by atoms with Gasteiger partial charge < -0.3 is 10.6 Å². The molecule has 5 nitrogen and oxygen atoms in total. The van der Waals surface area contributed by atoms with Gasteiger partial charge in [0.15, 0.2) is 0 Å². The van der Waals surface area contributed by atoms with Gasteiger partial charge in [-0.3, -0.25) is 9.36 Å². The van der Waals surface area contributed by atoms with Gasteiger partial charge in [0.25, 0.3) is 0 Å². The predicted molar refractivity (Wildman–Crippen MR) is 84.0 cm³/mol. The molecular formula is C16H22N4O. The van der Waals surface area contributed by atoms with Gasteiger partial charge in [0.1, 0.15) is 6.04 Å². The normalized spacial score (nSPS) is 17.1. The number of likely N-dealkylation sites (tertiary alicyclic amines) is 1. The number of carbonyl (C=O) groups is 1. The van der Waals surface area contributed by atoms with Crippen molar-refractivity contribution in [2.45, 2.75) is 39.2 Å². The minimum atomic E-state index is -0.310. The lowest BCUT2D eigenvalue weighted by Gasteiger charge is -2.30. The molecule has 0 radical (unpaired) electrons. The zero-order chi connectivity index (χ0) is 15.0. The van der Waals surface area contributed by atoms with E-state index in [4.69, 9.17) is 5.73 Å². The number of imidazole rings is 1. The van der Waals surface area contributed by atoms with Crippen LogP contribution in [0.3, 0.4) is 0 Å². The van der Waals surface area contributed by atoms with Crippen LogP contribution in [-0.4, -0.2) is 33.4 Å². The number of amides is 1. The Labute approximate surface area is 124 Å². The number of carbonyl (C=O) groups excluding carboxylic acids is 1. The van der Waals surface area contributed by atoms with Crippen LogP contribution >= 0.6 is 0 Å². The van der Waals surface area contributed by atoms with Crippen molar-refractivity contribution in [3.63, 3.8) is 0 Å². The molecule has 2 N–H and O–H groups in total. The molecule has 1 atom stereocenters. The van der Waals surface area contributed by atoms with E-state index in [1.54, 1.807) is 0 Å². The number of piperidine rings is 1. The standard InChI is InChI=1S/C16H22N4O/c1-11-7-6-8-13-14(11)18-16(17)20(13)12(2)15(21)19-9-4-3-5-10-19/h6-8,12H,3-5,9-10H2,1-2H3,(H2,17,18). The molecule has 5 heteroatoms. The lowest BCUT2D eigenvalue weighted by Crippen LogP contribution is -2.39. The molecule has 0 aliphatic carbocycles. The molecule has 1 fully saturated rings. The molecule has 0 spiro atoms. The predicted octanol–water partition coefficient (Wildman–Crippen LogP) is 2.50. The summed E-state index contributed by atoms with van der Waals surface area (Å²) in [5, 5.41) is 0. The number of aryl methyl sites for hydroxylation is 1. The fraction of sp³-hybridized carbons (Fsp3) is 0.500. The lowest BCUT2D eigenvalue weighted by molar-refractivity contribution is -0.135. The Bertz CT molecular complexity index is 670. The number of aromatic nitrogens is 2. The molecule has 1 aromatic carbocycles. The fourth-order valence-electron chi connectivity index (χ4n) is 3.17. The summed E-state index contributed by atoms with van der Waals surface area (Å²) in [6.45, 7) is 5.64. The molecule has 2 aromatic rings. The topological polar surface area (TPSA) is 64.1 Å². The van der Waals surface area contributed by atoms with E-state index < -0.39 is 0 Å². The number of nitrogen functional groups attached to an aromatic ring is 1. The molecule has 0 bridgehead atoms. The number of hydrogen-bond acceptors (Lipinski definition) is 3. The van der Waals surface area contributed by atoms with Gasteiger partial charge in [-0.25, -0.2) is 4.98 Å². The molecular weight excluding hydrogens is 264 g/mol. The SMILES string of the molecule is Cc1cccc2c1nc(N)n2C(C)C(=O)N1CCCCC1. The third kappa shape index (κ3) is 2.37. The minimum Gasteiger partial charge on any atom is -0.369 e. The number of nitrogens with two attached hydrogens (primary N) is 1. The first kappa shape index (κ1) is 13.9. The van der Waals surface area contributed by atoms with E-state index in [0.717, 1.165) is 42.5 Å². The van der Waals surface area contributed by atoms with Gasteiger partial charge in [0.05, 0.1) is 11.0 Å². The van der Waals surface area contributed by atoms with E-state index in [2.05, 4.69) is 4.98 Å².